The van der Waals surface area contributed by atoms with Gasteiger partial charge in [-0.2, -0.15) is 5.26 Å². The lowest BCUT2D eigenvalue weighted by atomic mass is 10.2. The van der Waals surface area contributed by atoms with Gasteiger partial charge in [0, 0.05) is 6.61 Å². The number of rotatable bonds is 2. The van der Waals surface area contributed by atoms with E-state index in [1.54, 1.807) is 0 Å². The molecule has 0 spiro atoms. The van der Waals surface area contributed by atoms with E-state index in [-0.39, 0.29) is 6.10 Å². The number of nitriles is 1. The number of ether oxygens (including phenoxy) is 1. The molecule has 4 rings (SSSR count). The quantitative estimate of drug-likeness (QED) is 0.782. The normalized spacial score (nSPS) is 18.0. The minimum atomic E-state index is 0.123. The molecule has 0 radical (unpaired) electrons. The summed E-state index contributed by atoms with van der Waals surface area (Å²) in [6.07, 6.45) is 2.18. The molecule has 1 atom stereocenters. The molecule has 0 unspecified atom stereocenters. The number of nitrogens with zero attached hydrogens (tertiary/aromatic N) is 4. The van der Waals surface area contributed by atoms with Crippen LogP contribution in [0.15, 0.2) is 24.3 Å². The van der Waals surface area contributed by atoms with Crippen molar-refractivity contribution in [3.8, 4) is 6.07 Å². The van der Waals surface area contributed by atoms with Crippen molar-refractivity contribution in [3.63, 3.8) is 0 Å². The summed E-state index contributed by atoms with van der Waals surface area (Å²) in [6.45, 7) is 1.39. The number of nitrogens with two attached hydrogens (primary N) is 1. The summed E-state index contributed by atoms with van der Waals surface area (Å²) >= 11 is 0. The maximum absolute atomic E-state index is 9.42. The lowest BCUT2D eigenvalue weighted by molar-refractivity contribution is 0.0983. The van der Waals surface area contributed by atoms with Crippen LogP contribution in [0.5, 0.6) is 0 Å². The third kappa shape index (κ3) is 1.90. The zero-order valence-corrected chi connectivity index (χ0v) is 12.0. The van der Waals surface area contributed by atoms with Crippen molar-refractivity contribution in [1.29, 1.82) is 5.26 Å². The van der Waals surface area contributed by atoms with Gasteiger partial charge in [-0.3, -0.25) is 0 Å². The molecule has 1 aromatic carbocycles. The molecule has 3 heterocycles. The summed E-state index contributed by atoms with van der Waals surface area (Å²) < 4.78 is 7.55. The molecule has 1 aliphatic rings. The van der Waals surface area contributed by atoms with Gasteiger partial charge in [-0.25, -0.2) is 9.97 Å². The third-order valence-electron chi connectivity index (χ3n) is 4.11. The summed E-state index contributed by atoms with van der Waals surface area (Å²) in [5.74, 6) is 0.420. The highest BCUT2D eigenvalue weighted by molar-refractivity contribution is 5.92. The molecular weight excluding hydrogens is 278 g/mol. The first-order valence-electron chi connectivity index (χ1n) is 7.34. The predicted octanol–water partition coefficient (Wildman–Crippen LogP) is 2.22. The minimum absolute atomic E-state index is 0.123. The SMILES string of the molecule is N#Cc1c(N)n(C[C@@H]2CCCO2)c2nc3ccccc3nc12. The van der Waals surface area contributed by atoms with Crippen molar-refractivity contribution in [2.45, 2.75) is 25.5 Å². The van der Waals surface area contributed by atoms with E-state index in [1.165, 1.54) is 0 Å². The van der Waals surface area contributed by atoms with E-state index < -0.39 is 0 Å². The van der Waals surface area contributed by atoms with Gasteiger partial charge in [-0.15, -0.1) is 0 Å². The van der Waals surface area contributed by atoms with Crippen molar-refractivity contribution in [2.75, 3.05) is 12.3 Å². The molecule has 0 saturated carbocycles. The Morgan fingerprint density at radius 2 is 2.09 bits per heavy atom. The minimum Gasteiger partial charge on any atom is -0.384 e. The Bertz CT molecular complexity index is 902. The molecule has 0 amide bonds. The molecule has 6 nitrogen and oxygen atoms in total. The van der Waals surface area contributed by atoms with Crippen LogP contribution in [-0.2, 0) is 11.3 Å². The zero-order chi connectivity index (χ0) is 15.1. The zero-order valence-electron chi connectivity index (χ0n) is 12.0. The van der Waals surface area contributed by atoms with Crippen molar-refractivity contribution in [2.24, 2.45) is 0 Å². The van der Waals surface area contributed by atoms with Crippen LogP contribution in [0, 0.1) is 11.3 Å². The van der Waals surface area contributed by atoms with Gasteiger partial charge in [-0.1, -0.05) is 12.1 Å². The van der Waals surface area contributed by atoms with E-state index in [0.717, 1.165) is 30.5 Å². The number of hydrogen-bond acceptors (Lipinski definition) is 5. The molecule has 1 aliphatic heterocycles. The number of para-hydroxylation sites is 2. The van der Waals surface area contributed by atoms with Gasteiger partial charge in [-0.05, 0) is 25.0 Å². The number of anilines is 1. The third-order valence-corrected chi connectivity index (χ3v) is 4.11. The van der Waals surface area contributed by atoms with Crippen molar-refractivity contribution in [1.82, 2.24) is 14.5 Å². The van der Waals surface area contributed by atoms with Crippen LogP contribution in [0.25, 0.3) is 22.2 Å². The van der Waals surface area contributed by atoms with Crippen LogP contribution in [0.1, 0.15) is 18.4 Å². The van der Waals surface area contributed by atoms with Crippen LogP contribution < -0.4 is 5.73 Å². The highest BCUT2D eigenvalue weighted by Gasteiger charge is 2.23. The topological polar surface area (TPSA) is 89.8 Å². The van der Waals surface area contributed by atoms with Gasteiger partial charge < -0.3 is 15.0 Å². The highest BCUT2D eigenvalue weighted by Crippen LogP contribution is 2.28. The van der Waals surface area contributed by atoms with Crippen LogP contribution in [0.3, 0.4) is 0 Å². The Hall–Kier alpha value is -2.65. The first-order valence-corrected chi connectivity index (χ1v) is 7.34. The average molecular weight is 293 g/mol. The lowest BCUT2D eigenvalue weighted by Gasteiger charge is -2.12. The molecule has 6 heteroatoms. The molecule has 1 fully saturated rings. The largest absolute Gasteiger partial charge is 0.384 e. The van der Waals surface area contributed by atoms with Crippen LogP contribution in [-0.4, -0.2) is 27.2 Å². The van der Waals surface area contributed by atoms with Gasteiger partial charge >= 0.3 is 0 Å². The highest BCUT2D eigenvalue weighted by atomic mass is 16.5. The van der Waals surface area contributed by atoms with Crippen LogP contribution in [0.2, 0.25) is 0 Å². The molecule has 22 heavy (non-hydrogen) atoms. The van der Waals surface area contributed by atoms with Gasteiger partial charge in [0.2, 0.25) is 0 Å². The van der Waals surface area contributed by atoms with Gasteiger partial charge in [0.25, 0.3) is 0 Å². The molecule has 2 aromatic heterocycles. The second-order valence-electron chi connectivity index (χ2n) is 5.50. The molecular formula is C16H15N5O. The fourth-order valence-corrected chi connectivity index (χ4v) is 3.00. The van der Waals surface area contributed by atoms with Gasteiger partial charge in [0.1, 0.15) is 23.0 Å². The van der Waals surface area contributed by atoms with Crippen molar-refractivity contribution >= 4 is 28.0 Å². The Kier molecular flexibility index (Phi) is 2.94. The Morgan fingerprint density at radius 3 is 2.77 bits per heavy atom. The number of nitrogen functional groups attached to an aromatic ring is 1. The summed E-state index contributed by atoms with van der Waals surface area (Å²) in [7, 11) is 0. The van der Waals surface area contributed by atoms with E-state index in [2.05, 4.69) is 16.0 Å². The second-order valence-corrected chi connectivity index (χ2v) is 5.50. The number of fused-ring (bicyclic) bond motifs is 2. The maximum Gasteiger partial charge on any atom is 0.162 e. The first kappa shape index (κ1) is 13.0. The molecule has 0 aliphatic carbocycles. The number of benzene rings is 1. The smallest absolute Gasteiger partial charge is 0.162 e. The fourth-order valence-electron chi connectivity index (χ4n) is 3.00. The molecule has 1 saturated heterocycles. The molecule has 3 aromatic rings. The Balaban J connectivity index is 1.96. The van der Waals surface area contributed by atoms with Gasteiger partial charge in [0.15, 0.2) is 5.65 Å². The second kappa shape index (κ2) is 4.97. The number of hydrogen-bond donors (Lipinski definition) is 1. The van der Waals surface area contributed by atoms with E-state index in [1.807, 2.05) is 28.8 Å². The average Bonchev–Trinajstić information content (AvgIpc) is 3.13. The van der Waals surface area contributed by atoms with E-state index >= 15 is 0 Å². The molecule has 0 bridgehead atoms. The summed E-state index contributed by atoms with van der Waals surface area (Å²) in [6, 6.07) is 9.78. The summed E-state index contributed by atoms with van der Waals surface area (Å²) in [5.41, 5.74) is 9.35. The summed E-state index contributed by atoms with van der Waals surface area (Å²) in [4.78, 5) is 9.24. The van der Waals surface area contributed by atoms with Crippen molar-refractivity contribution < 1.29 is 4.74 Å². The van der Waals surface area contributed by atoms with E-state index in [0.29, 0.717) is 29.1 Å². The monoisotopic (exact) mass is 293 g/mol. The predicted molar refractivity (Wildman–Crippen MR) is 83.1 cm³/mol. The van der Waals surface area contributed by atoms with Crippen LogP contribution in [0.4, 0.5) is 5.82 Å². The van der Waals surface area contributed by atoms with E-state index in [4.69, 9.17) is 10.5 Å². The Morgan fingerprint density at radius 1 is 1.32 bits per heavy atom. The van der Waals surface area contributed by atoms with Crippen molar-refractivity contribution in [3.05, 3.63) is 29.8 Å². The van der Waals surface area contributed by atoms with E-state index in [9.17, 15) is 5.26 Å². The molecule has 110 valence electrons. The molecule has 2 N–H and O–H groups in total. The summed E-state index contributed by atoms with van der Waals surface area (Å²) in [5, 5.41) is 9.42. The lowest BCUT2D eigenvalue weighted by Crippen LogP contribution is -2.16. The maximum atomic E-state index is 9.42. The standard InChI is InChI=1S/C16H15N5O/c17-8-11-14-16(20-13-6-2-1-5-12(13)19-14)21(15(11)18)9-10-4-3-7-22-10/h1-2,5-6,10H,3-4,7,9,18H2/t10-/m0/s1. The van der Waals surface area contributed by atoms with Gasteiger partial charge in [0.05, 0.1) is 23.7 Å². The van der Waals surface area contributed by atoms with Crippen LogP contribution >= 0.6 is 0 Å². The fraction of sp³-hybridized carbons (Fsp3) is 0.312. The Labute approximate surface area is 127 Å². The number of aromatic nitrogens is 3. The first-order chi connectivity index (χ1) is 10.8.